The molecule has 2 saturated heterocycles. The molecule has 3 amide bonds. The van der Waals surface area contributed by atoms with Crippen LogP contribution in [0.15, 0.2) is 17.5 Å². The maximum absolute atomic E-state index is 13.2. The minimum atomic E-state index is -0.558. The maximum atomic E-state index is 13.2. The number of hydrogen-bond donors (Lipinski definition) is 2. The molecule has 3 rings (SSSR count). The molecular weight excluding hydrogens is 364 g/mol. The summed E-state index contributed by atoms with van der Waals surface area (Å²) in [6.07, 6.45) is 1.79. The average Bonchev–Trinajstić information content (AvgIpc) is 3.20. The fourth-order valence-corrected chi connectivity index (χ4v) is 4.37. The Morgan fingerprint density at radius 3 is 2.81 bits per heavy atom. The second-order valence-electron chi connectivity index (χ2n) is 7.52. The fraction of sp³-hybridized carbons (Fsp3) is 0.632. The molecule has 0 spiro atoms. The number of nitrogens with one attached hydrogen (secondary N) is 2. The fourth-order valence-electron chi connectivity index (χ4n) is 3.75. The molecule has 3 heterocycles. The van der Waals surface area contributed by atoms with E-state index in [4.69, 9.17) is 0 Å². The van der Waals surface area contributed by atoms with Gasteiger partial charge in [0.15, 0.2) is 0 Å². The van der Waals surface area contributed by atoms with Crippen LogP contribution in [0.3, 0.4) is 0 Å². The van der Waals surface area contributed by atoms with E-state index >= 15 is 0 Å². The number of piperidine rings is 1. The largest absolute Gasteiger partial charge is 0.339 e. The van der Waals surface area contributed by atoms with E-state index in [-0.39, 0.29) is 29.7 Å². The lowest BCUT2D eigenvalue weighted by Crippen LogP contribution is -2.60. The van der Waals surface area contributed by atoms with E-state index in [9.17, 15) is 14.4 Å². The van der Waals surface area contributed by atoms with Crippen molar-refractivity contribution in [2.24, 2.45) is 5.92 Å². The average molecular weight is 393 g/mol. The summed E-state index contributed by atoms with van der Waals surface area (Å²) in [6, 6.07) is 3.09. The summed E-state index contributed by atoms with van der Waals surface area (Å²) >= 11 is 1.36. The standard InChI is InChI=1S/C19H28N4O3S/c1-13(2)17(21-18(25)15-6-4-10-27-15)19(26)22-8-3-5-14(12-22)23-9-7-20-11-16(23)24/h4,6,10,13-14,17,20H,3,5,7-9,11-12H2,1-2H3,(H,21,25). The van der Waals surface area contributed by atoms with Crippen molar-refractivity contribution in [2.45, 2.75) is 38.8 Å². The number of carbonyl (C=O) groups is 3. The summed E-state index contributed by atoms with van der Waals surface area (Å²) in [5.41, 5.74) is 0. The summed E-state index contributed by atoms with van der Waals surface area (Å²) in [5.74, 6) is -0.167. The van der Waals surface area contributed by atoms with E-state index in [0.29, 0.717) is 31.1 Å². The normalized spacial score (nSPS) is 22.0. The smallest absolute Gasteiger partial charge is 0.262 e. The molecule has 1 aromatic rings. The first-order chi connectivity index (χ1) is 13.0. The molecule has 2 fully saturated rings. The Bertz CT molecular complexity index is 677. The van der Waals surface area contributed by atoms with Crippen molar-refractivity contribution in [3.8, 4) is 0 Å². The van der Waals surface area contributed by atoms with Crippen molar-refractivity contribution in [1.82, 2.24) is 20.4 Å². The van der Waals surface area contributed by atoms with Gasteiger partial charge in [0.25, 0.3) is 5.91 Å². The van der Waals surface area contributed by atoms with Crippen molar-refractivity contribution in [2.75, 3.05) is 32.7 Å². The van der Waals surface area contributed by atoms with Crippen LogP contribution in [0, 0.1) is 5.92 Å². The third-order valence-electron chi connectivity index (χ3n) is 5.24. The molecule has 0 radical (unpaired) electrons. The molecule has 1 aromatic heterocycles. The molecule has 8 heteroatoms. The lowest BCUT2D eigenvalue weighted by atomic mass is 9.98. The summed E-state index contributed by atoms with van der Waals surface area (Å²) < 4.78 is 0. The molecule has 7 nitrogen and oxygen atoms in total. The van der Waals surface area contributed by atoms with Gasteiger partial charge in [-0.25, -0.2) is 0 Å². The van der Waals surface area contributed by atoms with Gasteiger partial charge in [0.05, 0.1) is 11.4 Å². The van der Waals surface area contributed by atoms with E-state index < -0.39 is 6.04 Å². The quantitative estimate of drug-likeness (QED) is 0.781. The first-order valence-corrected chi connectivity index (χ1v) is 10.5. The Morgan fingerprint density at radius 1 is 1.33 bits per heavy atom. The molecule has 2 N–H and O–H groups in total. The van der Waals surface area contributed by atoms with E-state index in [2.05, 4.69) is 10.6 Å². The molecule has 0 saturated carbocycles. The van der Waals surface area contributed by atoms with Crippen LogP contribution >= 0.6 is 11.3 Å². The van der Waals surface area contributed by atoms with Crippen molar-refractivity contribution in [3.05, 3.63) is 22.4 Å². The second-order valence-corrected chi connectivity index (χ2v) is 8.46. The molecule has 2 atom stereocenters. The summed E-state index contributed by atoms with van der Waals surface area (Å²) in [5, 5.41) is 7.84. The first kappa shape index (κ1) is 19.8. The second kappa shape index (κ2) is 8.84. The van der Waals surface area contributed by atoms with Gasteiger partial charge in [0.2, 0.25) is 11.8 Å². The van der Waals surface area contributed by atoms with Crippen LogP contribution in [-0.2, 0) is 9.59 Å². The topological polar surface area (TPSA) is 81.8 Å². The molecule has 0 bridgehead atoms. The van der Waals surface area contributed by atoms with Crippen LogP contribution in [0.1, 0.15) is 36.4 Å². The lowest BCUT2D eigenvalue weighted by Gasteiger charge is -2.42. The number of rotatable bonds is 5. The van der Waals surface area contributed by atoms with Crippen molar-refractivity contribution < 1.29 is 14.4 Å². The molecule has 0 aliphatic carbocycles. The number of carbonyl (C=O) groups excluding carboxylic acids is 3. The monoisotopic (exact) mass is 392 g/mol. The number of piperazine rings is 1. The first-order valence-electron chi connectivity index (χ1n) is 9.60. The predicted octanol–water partition coefficient (Wildman–Crippen LogP) is 0.925. The van der Waals surface area contributed by atoms with Gasteiger partial charge >= 0.3 is 0 Å². The Kier molecular flexibility index (Phi) is 6.49. The minimum Gasteiger partial charge on any atom is -0.339 e. The van der Waals surface area contributed by atoms with Gasteiger partial charge in [0.1, 0.15) is 6.04 Å². The highest BCUT2D eigenvalue weighted by Gasteiger charge is 2.35. The molecule has 2 unspecified atom stereocenters. The van der Waals surface area contributed by atoms with E-state index in [1.807, 2.05) is 35.1 Å². The highest BCUT2D eigenvalue weighted by molar-refractivity contribution is 7.12. The highest BCUT2D eigenvalue weighted by Crippen LogP contribution is 2.19. The Hall–Kier alpha value is -1.93. The van der Waals surface area contributed by atoms with Gasteiger partial charge in [-0.1, -0.05) is 19.9 Å². The predicted molar refractivity (Wildman–Crippen MR) is 105 cm³/mol. The van der Waals surface area contributed by atoms with E-state index in [0.717, 1.165) is 19.4 Å². The van der Waals surface area contributed by atoms with Crippen LogP contribution in [0.2, 0.25) is 0 Å². The van der Waals surface area contributed by atoms with Crippen molar-refractivity contribution >= 4 is 29.1 Å². The zero-order chi connectivity index (χ0) is 19.4. The van der Waals surface area contributed by atoms with Gasteiger partial charge < -0.3 is 20.4 Å². The van der Waals surface area contributed by atoms with Crippen molar-refractivity contribution in [3.63, 3.8) is 0 Å². The van der Waals surface area contributed by atoms with Crippen LogP contribution in [0.5, 0.6) is 0 Å². The van der Waals surface area contributed by atoms with Crippen LogP contribution in [0.25, 0.3) is 0 Å². The Labute approximate surface area is 164 Å². The number of amides is 3. The van der Waals surface area contributed by atoms with Gasteiger partial charge in [-0.05, 0) is 30.2 Å². The van der Waals surface area contributed by atoms with Gasteiger partial charge in [-0.3, -0.25) is 14.4 Å². The molecule has 27 heavy (non-hydrogen) atoms. The van der Waals surface area contributed by atoms with Gasteiger partial charge in [0, 0.05) is 32.2 Å². The highest BCUT2D eigenvalue weighted by atomic mass is 32.1. The zero-order valence-electron chi connectivity index (χ0n) is 15.9. The molecule has 2 aliphatic heterocycles. The van der Waals surface area contributed by atoms with E-state index in [1.165, 1.54) is 11.3 Å². The van der Waals surface area contributed by atoms with E-state index in [1.54, 1.807) is 6.07 Å². The summed E-state index contributed by atoms with van der Waals surface area (Å²) in [6.45, 7) is 6.96. The lowest BCUT2D eigenvalue weighted by molar-refractivity contribution is -0.142. The van der Waals surface area contributed by atoms with Crippen LogP contribution < -0.4 is 10.6 Å². The van der Waals surface area contributed by atoms with Crippen molar-refractivity contribution in [1.29, 1.82) is 0 Å². The number of thiophene rings is 1. The van der Waals surface area contributed by atoms with Gasteiger partial charge in [-0.2, -0.15) is 0 Å². The van der Waals surface area contributed by atoms with Crippen LogP contribution in [0.4, 0.5) is 0 Å². The summed E-state index contributed by atoms with van der Waals surface area (Å²) in [7, 11) is 0. The number of nitrogens with zero attached hydrogens (tertiary/aromatic N) is 2. The maximum Gasteiger partial charge on any atom is 0.262 e. The molecule has 0 aromatic carbocycles. The Morgan fingerprint density at radius 2 is 2.15 bits per heavy atom. The molecule has 2 aliphatic rings. The zero-order valence-corrected chi connectivity index (χ0v) is 16.8. The minimum absolute atomic E-state index is 0.0115. The van der Waals surface area contributed by atoms with Gasteiger partial charge in [-0.15, -0.1) is 11.3 Å². The number of hydrogen-bond acceptors (Lipinski definition) is 5. The third kappa shape index (κ3) is 4.68. The number of likely N-dealkylation sites (tertiary alicyclic amines) is 1. The third-order valence-corrected chi connectivity index (χ3v) is 6.11. The summed E-state index contributed by atoms with van der Waals surface area (Å²) in [4.78, 5) is 42.1. The SMILES string of the molecule is CC(C)C(NC(=O)c1cccs1)C(=O)N1CCCC(N2CCNCC2=O)C1. The van der Waals surface area contributed by atoms with Crippen LogP contribution in [-0.4, -0.2) is 72.3 Å². The Balaban J connectivity index is 1.66. The molecule has 148 valence electrons. The molecular formula is C19H28N4O3S.